The van der Waals surface area contributed by atoms with Gasteiger partial charge in [-0.15, -0.1) is 0 Å². The number of carbonyl (C=O) groups excluding carboxylic acids is 2. The summed E-state index contributed by atoms with van der Waals surface area (Å²) in [6.45, 7) is 6.24. The first-order chi connectivity index (χ1) is 28.0. The average molecular weight is 796 g/mol. The van der Waals surface area contributed by atoms with Crippen molar-refractivity contribution in [3.8, 4) is 0 Å². The van der Waals surface area contributed by atoms with Crippen molar-refractivity contribution in [1.82, 2.24) is 5.32 Å². The predicted molar refractivity (Wildman–Crippen MR) is 245 cm³/mol. The lowest BCUT2D eigenvalue weighted by molar-refractivity contribution is -0.151. The monoisotopic (exact) mass is 796 g/mol. The molecule has 0 aromatic heterocycles. The van der Waals surface area contributed by atoms with E-state index in [-0.39, 0.29) is 24.9 Å². The number of allylic oxidation sites excluding steroid dienone is 12. The van der Waals surface area contributed by atoms with Crippen LogP contribution in [0.15, 0.2) is 72.9 Å². The fourth-order valence-electron chi connectivity index (χ4n) is 6.81. The van der Waals surface area contributed by atoms with E-state index in [1.807, 2.05) is 42.5 Å². The minimum atomic E-state index is -0.800. The van der Waals surface area contributed by atoms with Crippen molar-refractivity contribution >= 4 is 11.9 Å². The maximum absolute atomic E-state index is 13.1. The Balaban J connectivity index is 4.53. The van der Waals surface area contributed by atoms with Crippen molar-refractivity contribution < 1.29 is 24.5 Å². The largest absolute Gasteiger partial charge is 0.462 e. The fourth-order valence-corrected chi connectivity index (χ4v) is 6.81. The van der Waals surface area contributed by atoms with E-state index in [2.05, 4.69) is 56.5 Å². The van der Waals surface area contributed by atoms with Crippen molar-refractivity contribution in [1.29, 1.82) is 0 Å². The Morgan fingerprint density at radius 1 is 0.526 bits per heavy atom. The van der Waals surface area contributed by atoms with Gasteiger partial charge in [-0.2, -0.15) is 0 Å². The number of rotatable bonds is 41. The Kier molecular flexibility index (Phi) is 42.3. The normalized spacial score (nSPS) is 14.0. The summed E-state index contributed by atoms with van der Waals surface area (Å²) >= 11 is 0. The number of hydrogen-bond acceptors (Lipinski definition) is 5. The second-order valence-electron chi connectivity index (χ2n) is 15.9. The van der Waals surface area contributed by atoms with E-state index in [0.29, 0.717) is 19.3 Å². The van der Waals surface area contributed by atoms with Crippen LogP contribution < -0.4 is 5.32 Å². The molecule has 0 fully saturated rings. The lowest BCUT2D eigenvalue weighted by Crippen LogP contribution is -2.46. The molecule has 0 aliphatic carbocycles. The van der Waals surface area contributed by atoms with Gasteiger partial charge in [-0.3, -0.25) is 9.59 Å². The van der Waals surface area contributed by atoms with E-state index < -0.39 is 18.2 Å². The van der Waals surface area contributed by atoms with Crippen LogP contribution in [-0.4, -0.2) is 46.9 Å². The molecule has 0 bridgehead atoms. The summed E-state index contributed by atoms with van der Waals surface area (Å²) in [6.07, 6.45) is 55.4. The molecule has 3 N–H and O–H groups in total. The Morgan fingerprint density at radius 3 is 1.56 bits per heavy atom. The van der Waals surface area contributed by atoms with Crippen molar-refractivity contribution in [2.75, 3.05) is 6.61 Å². The number of aliphatic hydroxyl groups excluding tert-OH is 2. The summed E-state index contributed by atoms with van der Waals surface area (Å²) in [6, 6.07) is -0.716. The van der Waals surface area contributed by atoms with E-state index in [9.17, 15) is 19.8 Å². The molecule has 1 amide bonds. The zero-order valence-corrected chi connectivity index (χ0v) is 37.2. The first-order valence-electron chi connectivity index (χ1n) is 23.7. The van der Waals surface area contributed by atoms with Crippen LogP contribution in [0.5, 0.6) is 0 Å². The minimum absolute atomic E-state index is 0.0457. The molecule has 0 rings (SSSR count). The molecule has 57 heavy (non-hydrogen) atoms. The van der Waals surface area contributed by atoms with Crippen LogP contribution in [-0.2, 0) is 14.3 Å². The van der Waals surface area contributed by atoms with Crippen molar-refractivity contribution in [2.24, 2.45) is 0 Å². The first kappa shape index (κ1) is 54.3. The number of unbranched alkanes of at least 4 members (excludes halogenated alkanes) is 21. The molecule has 0 saturated carbocycles. The van der Waals surface area contributed by atoms with Gasteiger partial charge >= 0.3 is 5.97 Å². The van der Waals surface area contributed by atoms with Gasteiger partial charge in [0.25, 0.3) is 0 Å². The summed E-state index contributed by atoms with van der Waals surface area (Å²) in [4.78, 5) is 25.9. The Morgan fingerprint density at radius 2 is 1.00 bits per heavy atom. The molecule has 0 aromatic carbocycles. The van der Waals surface area contributed by atoms with Crippen LogP contribution in [0, 0.1) is 0 Å². The highest BCUT2D eigenvalue weighted by Gasteiger charge is 2.24. The number of ether oxygens (including phenoxy) is 1. The van der Waals surface area contributed by atoms with Crippen LogP contribution >= 0.6 is 0 Å². The molecule has 0 aliphatic heterocycles. The molecule has 3 unspecified atom stereocenters. The summed E-state index contributed by atoms with van der Waals surface area (Å²) < 4.78 is 5.86. The third-order valence-electron chi connectivity index (χ3n) is 10.4. The molecule has 0 radical (unpaired) electrons. The average Bonchev–Trinajstić information content (AvgIpc) is 3.20. The SMILES string of the molecule is CC/C=C/C=C/C=C\C=C/C=C/CCCCCC(=O)OC(CCCCC/C=C\CCC)CC(=O)NC(CO)C(O)CCCCCCCCCCCCCCCCC. The van der Waals surface area contributed by atoms with Crippen LogP contribution in [0.3, 0.4) is 0 Å². The zero-order valence-electron chi connectivity index (χ0n) is 37.2. The van der Waals surface area contributed by atoms with Crippen LogP contribution in [0.25, 0.3) is 0 Å². The van der Waals surface area contributed by atoms with Gasteiger partial charge in [0, 0.05) is 6.42 Å². The van der Waals surface area contributed by atoms with E-state index in [1.54, 1.807) is 0 Å². The standard InChI is InChI=1S/C51H89NO5/c1-4-7-10-13-16-19-21-23-25-27-29-31-34-37-40-43-49(54)48(46-53)52-50(55)45-47(42-39-36-33-18-15-12-9-6-3)57-51(56)44-41-38-35-32-30-28-26-24-22-20-17-14-11-8-5-2/h8,11-12,14-15,17,20,22,24,26,28,30,47-49,53-54H,4-7,9-10,13,16,18-19,21,23,25,27,29,31-46H2,1-3H3,(H,52,55)/b11-8+,15-12-,17-14+,22-20-,26-24-,30-28+. The summed E-state index contributed by atoms with van der Waals surface area (Å²) in [7, 11) is 0. The summed E-state index contributed by atoms with van der Waals surface area (Å²) in [5, 5.41) is 23.7. The Labute approximate surface area is 351 Å². The molecule has 0 saturated heterocycles. The highest BCUT2D eigenvalue weighted by Crippen LogP contribution is 2.17. The number of esters is 1. The van der Waals surface area contributed by atoms with Gasteiger partial charge in [0.05, 0.1) is 25.2 Å². The third kappa shape index (κ3) is 39.9. The van der Waals surface area contributed by atoms with Crippen LogP contribution in [0.1, 0.15) is 213 Å². The molecular weight excluding hydrogens is 707 g/mol. The second-order valence-corrected chi connectivity index (χ2v) is 15.9. The molecule has 3 atom stereocenters. The fraction of sp³-hybridized carbons (Fsp3) is 0.725. The highest BCUT2D eigenvalue weighted by atomic mass is 16.5. The van der Waals surface area contributed by atoms with Crippen molar-refractivity contribution in [2.45, 2.75) is 232 Å². The summed E-state index contributed by atoms with van der Waals surface area (Å²) in [5.41, 5.74) is 0. The molecule has 6 nitrogen and oxygen atoms in total. The van der Waals surface area contributed by atoms with Crippen molar-refractivity contribution in [3.63, 3.8) is 0 Å². The smallest absolute Gasteiger partial charge is 0.306 e. The number of amides is 1. The zero-order chi connectivity index (χ0) is 41.7. The van der Waals surface area contributed by atoms with E-state index in [1.165, 1.54) is 77.0 Å². The quantitative estimate of drug-likeness (QED) is 0.0248. The molecular formula is C51H89NO5. The molecule has 0 aliphatic rings. The van der Waals surface area contributed by atoms with Gasteiger partial charge in [0.15, 0.2) is 0 Å². The maximum atomic E-state index is 13.1. The molecule has 0 spiro atoms. The third-order valence-corrected chi connectivity index (χ3v) is 10.4. The van der Waals surface area contributed by atoms with Gasteiger partial charge in [-0.05, 0) is 64.2 Å². The van der Waals surface area contributed by atoms with Crippen molar-refractivity contribution in [3.05, 3.63) is 72.9 Å². The summed E-state index contributed by atoms with van der Waals surface area (Å²) in [5.74, 6) is -0.548. The molecule has 0 heterocycles. The predicted octanol–water partition coefficient (Wildman–Crippen LogP) is 13.8. The van der Waals surface area contributed by atoms with Gasteiger partial charge in [-0.25, -0.2) is 0 Å². The number of aliphatic hydroxyl groups is 2. The first-order valence-corrected chi connectivity index (χ1v) is 23.7. The van der Waals surface area contributed by atoms with Gasteiger partial charge in [-0.1, -0.05) is 209 Å². The van der Waals surface area contributed by atoms with Crippen LogP contribution in [0.4, 0.5) is 0 Å². The minimum Gasteiger partial charge on any atom is -0.462 e. The second kappa shape index (κ2) is 44.4. The van der Waals surface area contributed by atoms with E-state index in [4.69, 9.17) is 4.74 Å². The maximum Gasteiger partial charge on any atom is 0.306 e. The van der Waals surface area contributed by atoms with Gasteiger partial charge < -0.3 is 20.3 Å². The van der Waals surface area contributed by atoms with E-state index >= 15 is 0 Å². The Bertz CT molecular complexity index is 1070. The van der Waals surface area contributed by atoms with E-state index in [0.717, 1.165) is 89.9 Å². The lowest BCUT2D eigenvalue weighted by atomic mass is 10.0. The molecule has 6 heteroatoms. The topological polar surface area (TPSA) is 95.9 Å². The molecule has 0 aromatic rings. The molecule has 328 valence electrons. The van der Waals surface area contributed by atoms with Crippen LogP contribution in [0.2, 0.25) is 0 Å². The van der Waals surface area contributed by atoms with Gasteiger partial charge in [0.2, 0.25) is 5.91 Å². The Hall–Kier alpha value is -2.70. The number of carbonyl (C=O) groups is 2. The van der Waals surface area contributed by atoms with Gasteiger partial charge in [0.1, 0.15) is 6.10 Å². The number of hydrogen-bond donors (Lipinski definition) is 3. The highest BCUT2D eigenvalue weighted by molar-refractivity contribution is 5.77. The number of nitrogens with one attached hydrogen (secondary N) is 1. The lowest BCUT2D eigenvalue weighted by Gasteiger charge is -2.24.